The fraction of sp³-hybridized carbons (Fsp3) is 0.417. The normalized spacial score (nSPS) is 26.2. The number of thiophene rings is 1. The molecule has 30 heavy (non-hydrogen) atoms. The highest BCUT2D eigenvalue weighted by atomic mass is 32.1. The number of nitrogen functional groups attached to an aromatic ring is 1. The Morgan fingerprint density at radius 2 is 2.10 bits per heavy atom. The number of fused-ring (bicyclic) bond motifs is 1. The zero-order valence-electron chi connectivity index (χ0n) is 17.1. The highest BCUT2D eigenvalue weighted by Crippen LogP contribution is 2.70. The zero-order chi connectivity index (χ0) is 20.5. The molecule has 2 aromatic heterocycles. The van der Waals surface area contributed by atoms with E-state index in [0.717, 1.165) is 34.3 Å². The highest BCUT2D eigenvalue weighted by Gasteiger charge is 2.77. The van der Waals surface area contributed by atoms with Crippen molar-refractivity contribution in [1.29, 1.82) is 0 Å². The number of nitrogens with one attached hydrogen (secondary N) is 1. The number of aromatic nitrogens is 1. The van der Waals surface area contributed by atoms with Crippen LogP contribution in [0.2, 0.25) is 0 Å². The van der Waals surface area contributed by atoms with Crippen molar-refractivity contribution in [2.45, 2.75) is 50.6 Å². The van der Waals surface area contributed by atoms with Crippen LogP contribution in [0.15, 0.2) is 36.4 Å². The van der Waals surface area contributed by atoms with E-state index in [-0.39, 0.29) is 5.91 Å². The van der Waals surface area contributed by atoms with Crippen molar-refractivity contribution in [3.05, 3.63) is 52.5 Å². The number of hydrogen-bond donors (Lipinski definition) is 2. The molecule has 2 saturated carbocycles. The van der Waals surface area contributed by atoms with E-state index < -0.39 is 0 Å². The van der Waals surface area contributed by atoms with Gasteiger partial charge in [-0.2, -0.15) is 0 Å². The van der Waals surface area contributed by atoms with Crippen molar-refractivity contribution >= 4 is 38.8 Å². The van der Waals surface area contributed by atoms with Gasteiger partial charge in [0.05, 0.1) is 17.3 Å². The molecule has 6 rings (SSSR count). The molecule has 3 heterocycles. The fourth-order valence-electron chi connectivity index (χ4n) is 5.64. The van der Waals surface area contributed by atoms with E-state index in [9.17, 15) is 4.79 Å². The molecule has 3 N–H and O–H groups in total. The average molecular weight is 419 g/mol. The Morgan fingerprint density at radius 3 is 2.90 bits per heavy atom. The van der Waals surface area contributed by atoms with Gasteiger partial charge in [-0.25, -0.2) is 4.98 Å². The first kappa shape index (κ1) is 18.2. The summed E-state index contributed by atoms with van der Waals surface area (Å²) in [7, 11) is 0. The Morgan fingerprint density at radius 1 is 1.27 bits per heavy atom. The second kappa shape index (κ2) is 6.45. The summed E-state index contributed by atoms with van der Waals surface area (Å²) in [6, 6.07) is 13.6. The van der Waals surface area contributed by atoms with Crippen molar-refractivity contribution < 1.29 is 4.79 Å². The predicted molar refractivity (Wildman–Crippen MR) is 122 cm³/mol. The first-order chi connectivity index (χ1) is 14.6. The molecule has 3 aromatic rings. The third kappa shape index (κ3) is 2.66. The fourth-order valence-corrected chi connectivity index (χ4v) is 6.70. The van der Waals surface area contributed by atoms with Gasteiger partial charge in [-0.05, 0) is 68.4 Å². The van der Waals surface area contributed by atoms with Gasteiger partial charge in [0.15, 0.2) is 0 Å². The second-order valence-corrected chi connectivity index (χ2v) is 10.0. The number of carbonyl (C=O) groups excluding carboxylic acids is 1. The number of benzene rings is 1. The lowest BCUT2D eigenvalue weighted by Gasteiger charge is -2.08. The van der Waals surface area contributed by atoms with Crippen LogP contribution < -0.4 is 16.0 Å². The quantitative estimate of drug-likeness (QED) is 0.607. The molecule has 0 bridgehead atoms. The molecule has 3 atom stereocenters. The lowest BCUT2D eigenvalue weighted by Crippen LogP contribution is -2.25. The summed E-state index contributed by atoms with van der Waals surface area (Å²) in [5.41, 5.74) is 10.8. The van der Waals surface area contributed by atoms with Crippen molar-refractivity contribution in [2.75, 3.05) is 17.2 Å². The van der Waals surface area contributed by atoms with Gasteiger partial charge in [0.1, 0.15) is 9.71 Å². The zero-order valence-corrected chi connectivity index (χ0v) is 18.0. The Bertz CT molecular complexity index is 1150. The van der Waals surface area contributed by atoms with E-state index in [0.29, 0.717) is 22.6 Å². The van der Waals surface area contributed by atoms with Gasteiger partial charge in [0, 0.05) is 23.3 Å². The molecule has 0 radical (unpaired) electrons. The number of nitrogens with two attached hydrogens (primary N) is 1. The number of rotatable bonds is 5. The molecule has 154 valence electrons. The molecule has 1 spiro atoms. The summed E-state index contributed by atoms with van der Waals surface area (Å²) in [5, 5.41) is 3.88. The number of pyridine rings is 1. The molecule has 3 aliphatic rings. The van der Waals surface area contributed by atoms with E-state index in [2.05, 4.69) is 39.5 Å². The van der Waals surface area contributed by atoms with Crippen LogP contribution in [-0.2, 0) is 6.42 Å². The maximum atomic E-state index is 12.6. The lowest BCUT2D eigenvalue weighted by molar-refractivity contribution is 0.0959. The van der Waals surface area contributed by atoms with Gasteiger partial charge in [0.25, 0.3) is 5.91 Å². The monoisotopic (exact) mass is 418 g/mol. The Balaban J connectivity index is 1.08. The highest BCUT2D eigenvalue weighted by molar-refractivity contribution is 7.21. The molecule has 3 fully saturated rings. The van der Waals surface area contributed by atoms with Crippen molar-refractivity contribution in [1.82, 2.24) is 10.3 Å². The molecule has 3 unspecified atom stereocenters. The van der Waals surface area contributed by atoms with Gasteiger partial charge >= 0.3 is 0 Å². The largest absolute Gasteiger partial charge is 0.397 e. The van der Waals surface area contributed by atoms with Gasteiger partial charge in [-0.3, -0.25) is 4.79 Å². The van der Waals surface area contributed by atoms with E-state index in [1.807, 2.05) is 19.1 Å². The number of aryl methyl sites for hydroxylation is 1. The third-order valence-corrected chi connectivity index (χ3v) is 8.39. The lowest BCUT2D eigenvalue weighted by atomic mass is 10.0. The molecule has 2 aliphatic carbocycles. The topological polar surface area (TPSA) is 71.0 Å². The molecule has 1 amide bonds. The van der Waals surface area contributed by atoms with Crippen LogP contribution in [0.3, 0.4) is 0 Å². The summed E-state index contributed by atoms with van der Waals surface area (Å²) in [4.78, 5) is 21.2. The minimum atomic E-state index is -0.114. The van der Waals surface area contributed by atoms with Gasteiger partial charge in [-0.1, -0.05) is 18.6 Å². The minimum Gasteiger partial charge on any atom is -0.397 e. The summed E-state index contributed by atoms with van der Waals surface area (Å²) >= 11 is 1.36. The van der Waals surface area contributed by atoms with E-state index in [1.54, 1.807) is 0 Å². The summed E-state index contributed by atoms with van der Waals surface area (Å²) in [6.07, 6.45) is 6.39. The molecular formula is C24H26N4OS. The van der Waals surface area contributed by atoms with Crippen molar-refractivity contribution in [3.63, 3.8) is 0 Å². The smallest absolute Gasteiger partial charge is 0.263 e. The molecule has 6 heteroatoms. The molecule has 1 saturated heterocycles. The third-order valence-electron chi connectivity index (χ3n) is 7.27. The predicted octanol–water partition coefficient (Wildman–Crippen LogP) is 4.29. The maximum absolute atomic E-state index is 12.6. The minimum absolute atomic E-state index is 0.114. The number of amides is 1. The first-order valence-corrected chi connectivity index (χ1v) is 11.7. The maximum Gasteiger partial charge on any atom is 0.263 e. The van der Waals surface area contributed by atoms with Crippen molar-refractivity contribution in [3.8, 4) is 0 Å². The van der Waals surface area contributed by atoms with Crippen LogP contribution in [0, 0.1) is 12.8 Å². The molecular weight excluding hydrogens is 392 g/mol. The number of anilines is 2. The van der Waals surface area contributed by atoms with Crippen LogP contribution in [-0.4, -0.2) is 29.0 Å². The summed E-state index contributed by atoms with van der Waals surface area (Å²) < 4.78 is 0. The summed E-state index contributed by atoms with van der Waals surface area (Å²) in [6.45, 7) is 2.54. The SMILES string of the molecule is Cc1ccc2c(N)c(C(=O)NCCc3ccc(N4C5CCCC6CC654)cc3)sc2n1. The first-order valence-electron chi connectivity index (χ1n) is 10.9. The average Bonchev–Trinajstić information content (AvgIpc) is 3.60. The van der Waals surface area contributed by atoms with Crippen LogP contribution in [0.1, 0.15) is 46.6 Å². The van der Waals surface area contributed by atoms with Crippen LogP contribution >= 0.6 is 11.3 Å². The second-order valence-electron chi connectivity index (χ2n) is 9.03. The molecule has 1 aromatic carbocycles. The van der Waals surface area contributed by atoms with E-state index >= 15 is 0 Å². The number of nitrogens with zero attached hydrogens (tertiary/aromatic N) is 2. The Labute approximate surface area is 180 Å². The van der Waals surface area contributed by atoms with Crippen molar-refractivity contribution in [2.24, 2.45) is 5.92 Å². The standard InChI is InChI=1S/C24H26N4OS/c1-14-5-10-18-20(25)21(30-23(18)27-14)22(29)26-12-11-15-6-8-17(9-7-15)28-19-4-2-3-16-13-24(16,19)28/h5-10,16,19H,2-4,11-13,25H2,1H3,(H,26,29). The van der Waals surface area contributed by atoms with E-state index in [4.69, 9.17) is 5.73 Å². The van der Waals surface area contributed by atoms with Crippen LogP contribution in [0.4, 0.5) is 11.4 Å². The van der Waals surface area contributed by atoms with Gasteiger partial charge in [0.2, 0.25) is 0 Å². The van der Waals surface area contributed by atoms with Crippen LogP contribution in [0.25, 0.3) is 10.2 Å². The number of carbonyl (C=O) groups is 1. The van der Waals surface area contributed by atoms with Gasteiger partial charge in [-0.15, -0.1) is 11.3 Å². The summed E-state index contributed by atoms with van der Waals surface area (Å²) in [5.74, 6) is 0.836. The molecule has 5 nitrogen and oxygen atoms in total. The van der Waals surface area contributed by atoms with Crippen LogP contribution in [0.5, 0.6) is 0 Å². The Hall–Kier alpha value is -2.60. The van der Waals surface area contributed by atoms with E-state index in [1.165, 1.54) is 48.3 Å². The van der Waals surface area contributed by atoms with Gasteiger partial charge < -0.3 is 16.0 Å². The number of hydrogen-bond acceptors (Lipinski definition) is 5. The Kier molecular flexibility index (Phi) is 3.91. The molecule has 1 aliphatic heterocycles.